The Hall–Kier alpha value is -3.03. The van der Waals surface area contributed by atoms with Gasteiger partial charge >= 0.3 is 11.9 Å². The predicted molar refractivity (Wildman–Crippen MR) is 208 cm³/mol. The highest BCUT2D eigenvalue weighted by molar-refractivity contribution is 6.00. The van der Waals surface area contributed by atoms with Crippen LogP contribution in [0.25, 0.3) is 0 Å². The van der Waals surface area contributed by atoms with E-state index in [2.05, 4.69) is 58.8 Å². The highest BCUT2D eigenvalue weighted by atomic mass is 16.5. The Labute approximate surface area is 323 Å². The summed E-state index contributed by atoms with van der Waals surface area (Å²) >= 11 is 0. The Kier molecular flexibility index (Phi) is 9.45. The quantitative estimate of drug-likeness (QED) is 0.255. The highest BCUT2D eigenvalue weighted by Gasteiger charge is 2.70. The van der Waals surface area contributed by atoms with Crippen molar-refractivity contribution in [2.45, 2.75) is 146 Å². The van der Waals surface area contributed by atoms with Gasteiger partial charge in [-0.3, -0.25) is 24.2 Å². The molecular formula is C46H66N2O6. The van der Waals surface area contributed by atoms with Gasteiger partial charge in [0.1, 0.15) is 6.10 Å². The average Bonchev–Trinajstić information content (AvgIpc) is 3.38. The average molecular weight is 743 g/mol. The normalized spacial score (nSPS) is 40.5. The summed E-state index contributed by atoms with van der Waals surface area (Å²) in [5, 5.41) is 12.8. The molecule has 5 saturated carbocycles. The van der Waals surface area contributed by atoms with Crippen LogP contribution >= 0.6 is 0 Å². The van der Waals surface area contributed by atoms with Gasteiger partial charge in [0.05, 0.1) is 17.4 Å². The third kappa shape index (κ3) is 5.59. The zero-order chi connectivity index (χ0) is 39.4. The number of aryl methyl sites for hydroxylation is 1. The second-order valence-electron chi connectivity index (χ2n) is 21.0. The monoisotopic (exact) mass is 742 g/mol. The van der Waals surface area contributed by atoms with Gasteiger partial charge in [-0.1, -0.05) is 67.9 Å². The van der Waals surface area contributed by atoms with Gasteiger partial charge < -0.3 is 15.2 Å². The van der Waals surface area contributed by atoms with Crippen molar-refractivity contribution in [2.75, 3.05) is 6.54 Å². The molecule has 8 nitrogen and oxygen atoms in total. The lowest BCUT2D eigenvalue weighted by molar-refractivity contribution is -0.236. The number of fused-ring (bicyclic) bond motifs is 7. The van der Waals surface area contributed by atoms with Gasteiger partial charge in [-0.2, -0.15) is 0 Å². The number of carbonyl (C=O) groups excluding carboxylic acids is 3. The maximum Gasteiger partial charge on any atom is 0.309 e. The topological polar surface area (TPSA) is 123 Å². The number of carboxylic acids is 1. The van der Waals surface area contributed by atoms with E-state index in [1.54, 1.807) is 6.20 Å². The Morgan fingerprint density at radius 3 is 2.24 bits per heavy atom. The molecule has 1 aromatic rings. The molecule has 1 amide bonds. The molecule has 8 heteroatoms. The lowest BCUT2D eigenvalue weighted by atomic mass is 9.33. The first-order valence-corrected chi connectivity index (χ1v) is 21.1. The second-order valence-corrected chi connectivity index (χ2v) is 21.0. The van der Waals surface area contributed by atoms with E-state index >= 15 is 0 Å². The SMILES string of the molecule is Cc1ccc(C(=O)NCC[C@@]23CC[C@]4(C)[C@H](CC[C@@H]5[C@@]6(C)CC[C@H](OC(=O)[C@H]7C[C@@H](C(=O)O)C7(C)C)C(C)(C)[C@@H]6CC[C@]54C)C2=C(C(C)C)C(=O)C3)cn1. The van der Waals surface area contributed by atoms with Gasteiger partial charge in [0.2, 0.25) is 0 Å². The van der Waals surface area contributed by atoms with Gasteiger partial charge in [0.15, 0.2) is 5.78 Å². The molecule has 296 valence electrons. The lowest BCUT2D eigenvalue weighted by Crippen LogP contribution is -2.66. The smallest absolute Gasteiger partial charge is 0.309 e. The third-order valence-corrected chi connectivity index (χ3v) is 17.7. The minimum absolute atomic E-state index is 0.0499. The summed E-state index contributed by atoms with van der Waals surface area (Å²) in [4.78, 5) is 56.8. The van der Waals surface area contributed by atoms with Crippen LogP contribution in [-0.4, -0.2) is 46.4 Å². The van der Waals surface area contributed by atoms with Crippen LogP contribution in [0.15, 0.2) is 29.5 Å². The number of amides is 1. The van der Waals surface area contributed by atoms with E-state index in [9.17, 15) is 24.3 Å². The van der Waals surface area contributed by atoms with Crippen LogP contribution in [0.3, 0.4) is 0 Å². The van der Waals surface area contributed by atoms with Crippen molar-refractivity contribution >= 4 is 23.6 Å². The minimum atomic E-state index is -0.827. The number of Topliss-reactive ketones (excluding diaryl/α,β-unsaturated/α-hetero) is 1. The molecule has 0 radical (unpaired) electrons. The van der Waals surface area contributed by atoms with Crippen molar-refractivity contribution in [2.24, 2.45) is 68.0 Å². The second kappa shape index (κ2) is 13.0. The van der Waals surface area contributed by atoms with Gasteiger partial charge in [-0.15, -0.1) is 0 Å². The van der Waals surface area contributed by atoms with Crippen LogP contribution in [0, 0.1) is 74.9 Å². The van der Waals surface area contributed by atoms with Crippen LogP contribution in [0.5, 0.6) is 0 Å². The molecule has 1 heterocycles. The number of hydrogen-bond donors (Lipinski definition) is 2. The van der Waals surface area contributed by atoms with Crippen molar-refractivity contribution in [3.05, 3.63) is 40.7 Å². The molecule has 5 fully saturated rings. The van der Waals surface area contributed by atoms with Gasteiger partial charge in [0, 0.05) is 35.7 Å². The van der Waals surface area contributed by atoms with E-state index in [1.165, 1.54) is 5.57 Å². The number of hydrogen-bond acceptors (Lipinski definition) is 6. The summed E-state index contributed by atoms with van der Waals surface area (Å²) < 4.78 is 6.42. The van der Waals surface area contributed by atoms with Gasteiger partial charge in [-0.05, 0) is 134 Å². The van der Waals surface area contributed by atoms with E-state index in [4.69, 9.17) is 4.74 Å². The molecule has 0 spiro atoms. The standard InChI is InChI=1S/C46H66N2O6/c1-26(2)36-32(49)24-46(21-22-47-38(50)28-12-11-27(3)48-25-28)20-19-44(9)29(37(36)46)13-14-34-43(8)17-16-35(42(6,7)33(43)15-18-45(34,44)10)54-40(53)31-23-30(39(51)52)41(31,4)5/h11-12,25-26,29-31,33-35H,13-24H2,1-10H3,(H,47,50)(H,51,52)/t29-,30+,31-,33+,34-,35+,43+,44-,45-,46-/m1/s1. The summed E-state index contributed by atoms with van der Waals surface area (Å²) in [6, 6.07) is 3.69. The zero-order valence-corrected chi connectivity index (χ0v) is 34.7. The molecular weight excluding hydrogens is 677 g/mol. The maximum atomic E-state index is 14.0. The first-order valence-electron chi connectivity index (χ1n) is 21.1. The van der Waals surface area contributed by atoms with Crippen LogP contribution in [0.1, 0.15) is 149 Å². The van der Waals surface area contributed by atoms with Crippen LogP contribution < -0.4 is 5.32 Å². The first kappa shape index (κ1) is 39.2. The third-order valence-electron chi connectivity index (χ3n) is 17.7. The molecule has 0 aliphatic heterocycles. The number of ether oxygens (including phenoxy) is 1. The Balaban J connectivity index is 1.12. The molecule has 54 heavy (non-hydrogen) atoms. The zero-order valence-electron chi connectivity index (χ0n) is 34.7. The number of carbonyl (C=O) groups is 4. The molecule has 0 aromatic carbocycles. The lowest BCUT2D eigenvalue weighted by Gasteiger charge is -2.72. The van der Waals surface area contributed by atoms with Crippen LogP contribution in [-0.2, 0) is 19.1 Å². The Morgan fingerprint density at radius 1 is 0.889 bits per heavy atom. The molecule has 6 aliphatic rings. The number of carboxylic acid groups (broad SMARTS) is 1. The maximum absolute atomic E-state index is 14.0. The summed E-state index contributed by atoms with van der Waals surface area (Å²) in [5.74, 6) is -0.267. The van der Waals surface area contributed by atoms with E-state index in [0.29, 0.717) is 48.5 Å². The van der Waals surface area contributed by atoms with E-state index < -0.39 is 17.3 Å². The number of nitrogens with one attached hydrogen (secondary N) is 1. The number of esters is 1. The van der Waals surface area contributed by atoms with E-state index in [1.807, 2.05) is 32.9 Å². The first-order chi connectivity index (χ1) is 25.1. The molecule has 1 aromatic heterocycles. The molecule has 7 rings (SSSR count). The van der Waals surface area contributed by atoms with Gasteiger partial charge in [-0.25, -0.2) is 0 Å². The van der Waals surface area contributed by atoms with Crippen molar-refractivity contribution in [3.8, 4) is 0 Å². The highest BCUT2D eigenvalue weighted by Crippen LogP contribution is 2.77. The van der Waals surface area contributed by atoms with Crippen LogP contribution in [0.2, 0.25) is 0 Å². The van der Waals surface area contributed by atoms with Crippen molar-refractivity contribution < 1.29 is 29.0 Å². The predicted octanol–water partition coefficient (Wildman–Crippen LogP) is 9.15. The number of rotatable bonds is 8. The summed E-state index contributed by atoms with van der Waals surface area (Å²) in [7, 11) is 0. The van der Waals surface area contributed by atoms with Crippen LogP contribution in [0.4, 0.5) is 0 Å². The van der Waals surface area contributed by atoms with Crippen molar-refractivity contribution in [1.82, 2.24) is 10.3 Å². The number of allylic oxidation sites excluding steroid dienone is 2. The summed E-state index contributed by atoms with van der Waals surface area (Å²) in [5.41, 5.74) is 3.21. The molecule has 0 bridgehead atoms. The molecule has 2 N–H and O–H groups in total. The van der Waals surface area contributed by atoms with Crippen molar-refractivity contribution in [1.29, 1.82) is 0 Å². The van der Waals surface area contributed by atoms with E-state index in [-0.39, 0.29) is 56.9 Å². The fourth-order valence-corrected chi connectivity index (χ4v) is 14.3. The minimum Gasteiger partial charge on any atom is -0.481 e. The molecule has 6 aliphatic carbocycles. The van der Waals surface area contributed by atoms with Gasteiger partial charge in [0.25, 0.3) is 5.91 Å². The number of ketones is 1. The summed E-state index contributed by atoms with van der Waals surface area (Å²) in [6.45, 7) is 23.0. The molecule has 0 unspecified atom stereocenters. The summed E-state index contributed by atoms with van der Waals surface area (Å²) in [6.07, 6.45) is 11.5. The number of aromatic nitrogens is 1. The molecule has 10 atom stereocenters. The van der Waals surface area contributed by atoms with E-state index in [0.717, 1.165) is 69.1 Å². The fourth-order valence-electron chi connectivity index (χ4n) is 14.3. The Bertz CT molecular complexity index is 1760. The molecule has 0 saturated heterocycles. The Morgan fingerprint density at radius 2 is 1.61 bits per heavy atom. The number of pyridine rings is 1. The fraction of sp³-hybridized carbons (Fsp3) is 0.761. The largest absolute Gasteiger partial charge is 0.481 e. The number of nitrogens with zero attached hydrogens (tertiary/aromatic N) is 1. The number of aliphatic carboxylic acids is 1. The van der Waals surface area contributed by atoms with Crippen molar-refractivity contribution in [3.63, 3.8) is 0 Å².